The van der Waals surface area contributed by atoms with Crippen molar-refractivity contribution in [2.75, 3.05) is 0 Å². The molecular formula is C19H20N2. The van der Waals surface area contributed by atoms with Gasteiger partial charge in [0.1, 0.15) is 5.82 Å². The molecule has 106 valence electrons. The van der Waals surface area contributed by atoms with Crippen LogP contribution in [-0.2, 0) is 5.41 Å². The monoisotopic (exact) mass is 276 g/mol. The van der Waals surface area contributed by atoms with Crippen molar-refractivity contribution in [3.05, 3.63) is 60.2 Å². The summed E-state index contributed by atoms with van der Waals surface area (Å²) in [4.78, 5) is 9.09. The molecule has 0 fully saturated rings. The fourth-order valence-corrected chi connectivity index (χ4v) is 2.61. The zero-order valence-corrected chi connectivity index (χ0v) is 13.0. The molecule has 1 heterocycles. The van der Waals surface area contributed by atoms with E-state index in [0.717, 1.165) is 17.1 Å². The van der Waals surface area contributed by atoms with Crippen molar-refractivity contribution in [2.45, 2.75) is 33.1 Å². The summed E-state index contributed by atoms with van der Waals surface area (Å²) in [5.74, 6) is 0.824. The normalized spacial score (nSPS) is 11.8. The van der Waals surface area contributed by atoms with Gasteiger partial charge in [-0.25, -0.2) is 9.97 Å². The van der Waals surface area contributed by atoms with Gasteiger partial charge < -0.3 is 0 Å². The largest absolute Gasteiger partial charge is 0.241 e. The predicted octanol–water partition coefficient (Wildman–Crippen LogP) is 4.90. The van der Waals surface area contributed by atoms with Crippen LogP contribution in [0.4, 0.5) is 0 Å². The lowest BCUT2D eigenvalue weighted by molar-refractivity contribution is 0.566. The summed E-state index contributed by atoms with van der Waals surface area (Å²) < 4.78 is 0. The molecule has 0 saturated carbocycles. The van der Waals surface area contributed by atoms with E-state index in [9.17, 15) is 0 Å². The van der Waals surface area contributed by atoms with Gasteiger partial charge in [0, 0.05) is 17.2 Å². The van der Waals surface area contributed by atoms with E-state index in [2.05, 4.69) is 73.2 Å². The van der Waals surface area contributed by atoms with Crippen molar-refractivity contribution in [1.82, 2.24) is 9.97 Å². The van der Waals surface area contributed by atoms with Crippen LogP contribution in [0.1, 0.15) is 32.3 Å². The van der Waals surface area contributed by atoms with Crippen LogP contribution in [0.15, 0.2) is 48.7 Å². The van der Waals surface area contributed by atoms with Crippen LogP contribution in [-0.4, -0.2) is 9.97 Å². The molecule has 0 aliphatic rings. The number of hydrogen-bond acceptors (Lipinski definition) is 2. The highest BCUT2D eigenvalue weighted by molar-refractivity contribution is 5.87. The third kappa shape index (κ3) is 2.66. The van der Waals surface area contributed by atoms with Gasteiger partial charge in [0.2, 0.25) is 0 Å². The average molecular weight is 276 g/mol. The van der Waals surface area contributed by atoms with Crippen molar-refractivity contribution in [3.63, 3.8) is 0 Å². The second-order valence-corrected chi connectivity index (χ2v) is 6.49. The van der Waals surface area contributed by atoms with E-state index < -0.39 is 0 Å². The van der Waals surface area contributed by atoms with Gasteiger partial charge in [0.15, 0.2) is 0 Å². The van der Waals surface area contributed by atoms with E-state index in [1.54, 1.807) is 0 Å². The lowest BCUT2D eigenvalue weighted by Crippen LogP contribution is -2.16. The van der Waals surface area contributed by atoms with Gasteiger partial charge in [-0.3, -0.25) is 0 Å². The molecule has 3 aromatic rings. The first kappa shape index (κ1) is 13.7. The quantitative estimate of drug-likeness (QED) is 0.631. The van der Waals surface area contributed by atoms with E-state index in [1.807, 2.05) is 13.1 Å². The number of nitrogens with zero attached hydrogens (tertiary/aromatic N) is 2. The molecule has 0 atom stereocenters. The van der Waals surface area contributed by atoms with Crippen molar-refractivity contribution in [2.24, 2.45) is 0 Å². The summed E-state index contributed by atoms with van der Waals surface area (Å²) in [7, 11) is 0. The zero-order chi connectivity index (χ0) is 15.0. The lowest BCUT2D eigenvalue weighted by Gasteiger charge is -2.22. The van der Waals surface area contributed by atoms with Crippen LogP contribution in [0.5, 0.6) is 0 Å². The van der Waals surface area contributed by atoms with Gasteiger partial charge in [-0.05, 0) is 29.3 Å². The topological polar surface area (TPSA) is 25.8 Å². The zero-order valence-electron chi connectivity index (χ0n) is 13.0. The lowest BCUT2D eigenvalue weighted by atomic mass is 9.86. The SMILES string of the molecule is Cc1ncc(-c2ccc3ccccc3c2)c(C(C)(C)C)n1. The summed E-state index contributed by atoms with van der Waals surface area (Å²) in [6.07, 6.45) is 1.95. The Labute approximate surface area is 125 Å². The number of benzene rings is 2. The first-order valence-electron chi connectivity index (χ1n) is 7.28. The third-order valence-corrected chi connectivity index (χ3v) is 3.68. The third-order valence-electron chi connectivity index (χ3n) is 3.68. The Balaban J connectivity index is 2.23. The van der Waals surface area contributed by atoms with Gasteiger partial charge in [-0.1, -0.05) is 57.2 Å². The Morgan fingerprint density at radius 3 is 2.33 bits per heavy atom. The van der Waals surface area contributed by atoms with E-state index in [-0.39, 0.29) is 5.41 Å². The van der Waals surface area contributed by atoms with Gasteiger partial charge in [-0.15, -0.1) is 0 Å². The summed E-state index contributed by atoms with van der Waals surface area (Å²) in [6.45, 7) is 8.53. The molecule has 0 spiro atoms. The van der Waals surface area contributed by atoms with Gasteiger partial charge in [0.05, 0.1) is 5.69 Å². The molecule has 0 bridgehead atoms. The van der Waals surface area contributed by atoms with Gasteiger partial charge in [0.25, 0.3) is 0 Å². The molecule has 0 aliphatic carbocycles. The van der Waals surface area contributed by atoms with Gasteiger partial charge in [-0.2, -0.15) is 0 Å². The molecule has 2 nitrogen and oxygen atoms in total. The maximum absolute atomic E-state index is 4.69. The number of aryl methyl sites for hydroxylation is 1. The minimum atomic E-state index is -0.00528. The number of aromatic nitrogens is 2. The standard InChI is InChI=1S/C19H20N2/c1-13-20-12-17(18(21-13)19(2,3)4)16-10-9-14-7-5-6-8-15(14)11-16/h5-12H,1-4H3. The van der Waals surface area contributed by atoms with Crippen LogP contribution >= 0.6 is 0 Å². The summed E-state index contributed by atoms with van der Waals surface area (Å²) in [6, 6.07) is 15.0. The van der Waals surface area contributed by atoms with Crippen molar-refractivity contribution >= 4 is 10.8 Å². The van der Waals surface area contributed by atoms with Gasteiger partial charge >= 0.3 is 0 Å². The molecule has 0 amide bonds. The van der Waals surface area contributed by atoms with Crippen LogP contribution in [0.3, 0.4) is 0 Å². The van der Waals surface area contributed by atoms with Crippen molar-refractivity contribution in [1.29, 1.82) is 0 Å². The first-order chi connectivity index (χ1) is 9.95. The molecular weight excluding hydrogens is 256 g/mol. The van der Waals surface area contributed by atoms with Crippen molar-refractivity contribution < 1.29 is 0 Å². The van der Waals surface area contributed by atoms with Crippen LogP contribution < -0.4 is 0 Å². The van der Waals surface area contributed by atoms with E-state index in [4.69, 9.17) is 0 Å². The molecule has 21 heavy (non-hydrogen) atoms. The van der Waals surface area contributed by atoms with Crippen LogP contribution in [0.2, 0.25) is 0 Å². The number of fused-ring (bicyclic) bond motifs is 1. The molecule has 0 N–H and O–H groups in total. The van der Waals surface area contributed by atoms with E-state index in [0.29, 0.717) is 0 Å². The molecule has 3 rings (SSSR count). The van der Waals surface area contributed by atoms with Crippen molar-refractivity contribution in [3.8, 4) is 11.1 Å². The maximum Gasteiger partial charge on any atom is 0.125 e. The molecule has 0 saturated heterocycles. The summed E-state index contributed by atoms with van der Waals surface area (Å²) in [5, 5.41) is 2.50. The summed E-state index contributed by atoms with van der Waals surface area (Å²) in [5.41, 5.74) is 3.40. The Morgan fingerprint density at radius 1 is 0.905 bits per heavy atom. The highest BCUT2D eigenvalue weighted by Gasteiger charge is 2.21. The second-order valence-electron chi connectivity index (χ2n) is 6.49. The molecule has 1 aromatic heterocycles. The number of rotatable bonds is 1. The second kappa shape index (κ2) is 4.96. The number of hydrogen-bond donors (Lipinski definition) is 0. The minimum Gasteiger partial charge on any atom is -0.241 e. The fraction of sp³-hybridized carbons (Fsp3) is 0.263. The Kier molecular flexibility index (Phi) is 3.25. The van der Waals surface area contributed by atoms with E-state index in [1.165, 1.54) is 16.3 Å². The summed E-state index contributed by atoms with van der Waals surface area (Å²) >= 11 is 0. The smallest absolute Gasteiger partial charge is 0.125 e. The molecule has 2 heteroatoms. The van der Waals surface area contributed by atoms with E-state index >= 15 is 0 Å². The Hall–Kier alpha value is -2.22. The first-order valence-corrected chi connectivity index (χ1v) is 7.28. The Morgan fingerprint density at radius 2 is 1.62 bits per heavy atom. The minimum absolute atomic E-state index is 0.00528. The predicted molar refractivity (Wildman–Crippen MR) is 88.4 cm³/mol. The highest BCUT2D eigenvalue weighted by Crippen LogP contribution is 2.32. The molecule has 2 aromatic carbocycles. The highest BCUT2D eigenvalue weighted by atomic mass is 14.9. The average Bonchev–Trinajstić information content (AvgIpc) is 2.46. The molecule has 0 unspecified atom stereocenters. The fourth-order valence-electron chi connectivity index (χ4n) is 2.61. The maximum atomic E-state index is 4.69. The Bertz CT molecular complexity index is 798. The van der Waals surface area contributed by atoms with Crippen LogP contribution in [0, 0.1) is 6.92 Å². The molecule has 0 radical (unpaired) electrons. The van der Waals surface area contributed by atoms with Crippen LogP contribution in [0.25, 0.3) is 21.9 Å². The molecule has 0 aliphatic heterocycles.